The Morgan fingerprint density at radius 3 is 2.67 bits per heavy atom. The first kappa shape index (κ1) is 12.1. The second-order valence-electron chi connectivity index (χ2n) is 5.14. The van der Waals surface area contributed by atoms with Gasteiger partial charge in [-0.2, -0.15) is 0 Å². The minimum atomic E-state index is -0.0334. The molecule has 1 amide bonds. The predicted molar refractivity (Wildman–Crippen MR) is 78.8 cm³/mol. The van der Waals surface area contributed by atoms with Gasteiger partial charge in [0.1, 0.15) is 13.2 Å². The Bertz CT molecular complexity index is 742. The standard InChI is InChI=1S/C16H14N2O3/c17-11-2-1-10-9-18(16(19)13(10)7-11)12-3-4-14-15(8-12)21-6-5-20-14/h1-4,7-8H,5-6,9,17H2. The van der Waals surface area contributed by atoms with Gasteiger partial charge in [-0.3, -0.25) is 4.79 Å². The molecule has 2 aromatic rings. The van der Waals surface area contributed by atoms with Crippen molar-refractivity contribution in [1.29, 1.82) is 0 Å². The summed E-state index contributed by atoms with van der Waals surface area (Å²) in [7, 11) is 0. The van der Waals surface area contributed by atoms with E-state index in [-0.39, 0.29) is 5.91 Å². The van der Waals surface area contributed by atoms with Crippen molar-refractivity contribution in [2.24, 2.45) is 0 Å². The minimum Gasteiger partial charge on any atom is -0.486 e. The Hall–Kier alpha value is -2.69. The number of carbonyl (C=O) groups excluding carboxylic acids is 1. The van der Waals surface area contributed by atoms with Gasteiger partial charge in [0.15, 0.2) is 11.5 Å². The zero-order valence-electron chi connectivity index (χ0n) is 11.3. The summed E-state index contributed by atoms with van der Waals surface area (Å²) in [5, 5.41) is 0. The quantitative estimate of drug-likeness (QED) is 0.814. The minimum absolute atomic E-state index is 0.0334. The summed E-state index contributed by atoms with van der Waals surface area (Å²) in [6, 6.07) is 11.0. The van der Waals surface area contributed by atoms with E-state index in [1.165, 1.54) is 0 Å². The number of nitrogens with two attached hydrogens (primary N) is 1. The van der Waals surface area contributed by atoms with Gasteiger partial charge < -0.3 is 20.1 Å². The molecule has 0 radical (unpaired) electrons. The van der Waals surface area contributed by atoms with Gasteiger partial charge in [0.05, 0.1) is 6.54 Å². The molecule has 0 saturated heterocycles. The van der Waals surface area contributed by atoms with Gasteiger partial charge in [-0.15, -0.1) is 0 Å². The van der Waals surface area contributed by atoms with Crippen LogP contribution in [0.1, 0.15) is 15.9 Å². The molecule has 2 N–H and O–H groups in total. The first-order valence-electron chi connectivity index (χ1n) is 6.82. The highest BCUT2D eigenvalue weighted by Crippen LogP contribution is 2.37. The average molecular weight is 282 g/mol. The number of amides is 1. The zero-order valence-corrected chi connectivity index (χ0v) is 11.3. The molecule has 2 aliphatic rings. The topological polar surface area (TPSA) is 64.8 Å². The molecule has 0 bridgehead atoms. The first-order chi connectivity index (χ1) is 10.2. The maximum absolute atomic E-state index is 12.5. The Morgan fingerprint density at radius 2 is 1.81 bits per heavy atom. The number of carbonyl (C=O) groups is 1. The fourth-order valence-electron chi connectivity index (χ4n) is 2.73. The molecule has 0 aliphatic carbocycles. The SMILES string of the molecule is Nc1ccc2c(c1)C(=O)N(c1ccc3c(c1)OCCO3)C2. The second kappa shape index (κ2) is 4.41. The molecule has 106 valence electrons. The van der Waals surface area contributed by atoms with Crippen LogP contribution < -0.4 is 20.1 Å². The number of ether oxygens (including phenoxy) is 2. The van der Waals surface area contributed by atoms with Crippen molar-refractivity contribution in [2.75, 3.05) is 23.8 Å². The third-order valence-electron chi connectivity index (χ3n) is 3.78. The summed E-state index contributed by atoms with van der Waals surface area (Å²) in [6.45, 7) is 1.63. The van der Waals surface area contributed by atoms with Crippen molar-refractivity contribution in [3.05, 3.63) is 47.5 Å². The Balaban J connectivity index is 1.71. The summed E-state index contributed by atoms with van der Waals surface area (Å²) < 4.78 is 11.1. The maximum Gasteiger partial charge on any atom is 0.259 e. The van der Waals surface area contributed by atoms with E-state index in [9.17, 15) is 4.79 Å². The lowest BCUT2D eigenvalue weighted by atomic mass is 10.1. The third kappa shape index (κ3) is 1.89. The maximum atomic E-state index is 12.5. The van der Waals surface area contributed by atoms with Crippen LogP contribution in [0.15, 0.2) is 36.4 Å². The van der Waals surface area contributed by atoms with Crippen molar-refractivity contribution in [2.45, 2.75) is 6.54 Å². The summed E-state index contributed by atoms with van der Waals surface area (Å²) in [5.41, 5.74) is 8.83. The molecule has 5 nitrogen and oxygen atoms in total. The summed E-state index contributed by atoms with van der Waals surface area (Å²) >= 11 is 0. The number of hydrogen-bond acceptors (Lipinski definition) is 4. The van der Waals surface area contributed by atoms with Crippen LogP contribution in [0.2, 0.25) is 0 Å². The second-order valence-corrected chi connectivity index (χ2v) is 5.14. The number of nitrogens with zero attached hydrogens (tertiary/aromatic N) is 1. The lowest BCUT2D eigenvalue weighted by Crippen LogP contribution is -2.23. The molecule has 0 unspecified atom stereocenters. The van der Waals surface area contributed by atoms with Gasteiger partial charge in [0, 0.05) is 23.0 Å². The molecule has 0 saturated carbocycles. The van der Waals surface area contributed by atoms with Crippen molar-refractivity contribution < 1.29 is 14.3 Å². The normalized spacial score (nSPS) is 16.0. The van der Waals surface area contributed by atoms with Crippen LogP contribution in [-0.2, 0) is 6.54 Å². The number of benzene rings is 2. The van der Waals surface area contributed by atoms with E-state index in [1.54, 1.807) is 11.0 Å². The molecular formula is C16H14N2O3. The smallest absolute Gasteiger partial charge is 0.259 e. The summed E-state index contributed by atoms with van der Waals surface area (Å²) in [4.78, 5) is 14.2. The van der Waals surface area contributed by atoms with Gasteiger partial charge >= 0.3 is 0 Å². The van der Waals surface area contributed by atoms with E-state index in [0.29, 0.717) is 36.8 Å². The molecule has 2 aromatic carbocycles. The first-order valence-corrected chi connectivity index (χ1v) is 6.82. The monoisotopic (exact) mass is 282 g/mol. The lowest BCUT2D eigenvalue weighted by molar-refractivity contribution is 0.0996. The number of anilines is 2. The molecular weight excluding hydrogens is 268 g/mol. The van der Waals surface area contributed by atoms with E-state index < -0.39 is 0 Å². The molecule has 4 rings (SSSR count). The van der Waals surface area contributed by atoms with E-state index in [4.69, 9.17) is 15.2 Å². The molecule has 5 heteroatoms. The molecule has 0 atom stereocenters. The van der Waals surface area contributed by atoms with E-state index in [2.05, 4.69) is 0 Å². The van der Waals surface area contributed by atoms with Crippen LogP contribution in [-0.4, -0.2) is 19.1 Å². The highest BCUT2D eigenvalue weighted by molar-refractivity contribution is 6.10. The van der Waals surface area contributed by atoms with Crippen molar-refractivity contribution >= 4 is 17.3 Å². The number of fused-ring (bicyclic) bond motifs is 2. The largest absolute Gasteiger partial charge is 0.486 e. The zero-order chi connectivity index (χ0) is 14.4. The third-order valence-corrected chi connectivity index (χ3v) is 3.78. The Morgan fingerprint density at radius 1 is 1.00 bits per heavy atom. The van der Waals surface area contributed by atoms with E-state index in [0.717, 1.165) is 17.0 Å². The number of hydrogen-bond donors (Lipinski definition) is 1. The molecule has 2 aliphatic heterocycles. The number of rotatable bonds is 1. The average Bonchev–Trinajstić information content (AvgIpc) is 2.84. The van der Waals surface area contributed by atoms with Gasteiger partial charge in [-0.1, -0.05) is 6.07 Å². The summed E-state index contributed by atoms with van der Waals surface area (Å²) in [6.07, 6.45) is 0. The van der Waals surface area contributed by atoms with Crippen LogP contribution in [0.25, 0.3) is 0 Å². The molecule has 0 spiro atoms. The van der Waals surface area contributed by atoms with Crippen molar-refractivity contribution in [1.82, 2.24) is 0 Å². The van der Waals surface area contributed by atoms with Crippen LogP contribution in [0, 0.1) is 0 Å². The molecule has 2 heterocycles. The molecule has 0 aromatic heterocycles. The van der Waals surface area contributed by atoms with Crippen LogP contribution in [0.4, 0.5) is 11.4 Å². The highest BCUT2D eigenvalue weighted by atomic mass is 16.6. The summed E-state index contributed by atoms with van der Waals surface area (Å²) in [5.74, 6) is 1.37. The fraction of sp³-hybridized carbons (Fsp3) is 0.188. The van der Waals surface area contributed by atoms with Gasteiger partial charge in [-0.05, 0) is 29.8 Å². The van der Waals surface area contributed by atoms with Crippen LogP contribution in [0.3, 0.4) is 0 Å². The Kier molecular flexibility index (Phi) is 2.54. The van der Waals surface area contributed by atoms with E-state index >= 15 is 0 Å². The predicted octanol–water partition coefficient (Wildman–Crippen LogP) is 2.20. The molecule has 0 fully saturated rings. The fourth-order valence-corrected chi connectivity index (χ4v) is 2.73. The van der Waals surface area contributed by atoms with Crippen molar-refractivity contribution in [3.8, 4) is 11.5 Å². The van der Waals surface area contributed by atoms with Crippen LogP contribution in [0.5, 0.6) is 11.5 Å². The van der Waals surface area contributed by atoms with Gasteiger partial charge in [0.2, 0.25) is 0 Å². The highest BCUT2D eigenvalue weighted by Gasteiger charge is 2.29. The van der Waals surface area contributed by atoms with E-state index in [1.807, 2.05) is 30.3 Å². The Labute approximate surface area is 121 Å². The van der Waals surface area contributed by atoms with Crippen LogP contribution >= 0.6 is 0 Å². The lowest BCUT2D eigenvalue weighted by Gasteiger charge is -2.22. The number of nitrogen functional groups attached to an aromatic ring is 1. The van der Waals surface area contributed by atoms with Gasteiger partial charge in [-0.25, -0.2) is 0 Å². The van der Waals surface area contributed by atoms with Crippen molar-refractivity contribution in [3.63, 3.8) is 0 Å². The molecule has 21 heavy (non-hydrogen) atoms. The van der Waals surface area contributed by atoms with Gasteiger partial charge in [0.25, 0.3) is 5.91 Å².